The van der Waals surface area contributed by atoms with Gasteiger partial charge in [-0.3, -0.25) is 0 Å². The monoisotopic (exact) mass is 385 g/mol. The quantitative estimate of drug-likeness (QED) is 0.738. The predicted molar refractivity (Wildman–Crippen MR) is 87.2 cm³/mol. The first-order valence-electron chi connectivity index (χ1n) is 6.58. The maximum absolute atomic E-state index is 12.3. The van der Waals surface area contributed by atoms with Crippen LogP contribution in [0, 0.1) is 3.57 Å². The van der Waals surface area contributed by atoms with Crippen LogP contribution in [0.4, 0.5) is 4.79 Å². The highest BCUT2D eigenvalue weighted by Crippen LogP contribution is 2.16. The molecule has 0 N–H and O–H groups in total. The molecule has 2 rings (SSSR count). The van der Waals surface area contributed by atoms with Crippen LogP contribution in [0.25, 0.3) is 0 Å². The van der Waals surface area contributed by atoms with Gasteiger partial charge in [0.15, 0.2) is 5.84 Å². The molecule has 107 valence electrons. The second kappa shape index (κ2) is 5.99. The normalized spacial score (nSPS) is 15.8. The summed E-state index contributed by atoms with van der Waals surface area (Å²) in [4.78, 5) is 12.3. The lowest BCUT2D eigenvalue weighted by Crippen LogP contribution is -2.56. The molecule has 0 unspecified atom stereocenters. The van der Waals surface area contributed by atoms with E-state index in [0.29, 0.717) is 5.84 Å². The Balaban J connectivity index is 2.38. The summed E-state index contributed by atoms with van der Waals surface area (Å²) in [5.74, 6) is 0.573. The number of amidine groups is 1. The molecule has 0 spiro atoms. The maximum atomic E-state index is 12.3. The number of hydrogen-bond acceptors (Lipinski definition) is 2. The molecule has 5 nitrogen and oxygen atoms in total. The van der Waals surface area contributed by atoms with Gasteiger partial charge in [-0.1, -0.05) is 12.1 Å². The van der Waals surface area contributed by atoms with E-state index in [4.69, 9.17) is 0 Å². The Morgan fingerprint density at radius 3 is 2.05 bits per heavy atom. The van der Waals surface area contributed by atoms with E-state index in [1.165, 1.54) is 10.0 Å². The molecule has 1 aromatic rings. The van der Waals surface area contributed by atoms with Crippen molar-refractivity contribution in [2.75, 3.05) is 0 Å². The number of urea groups is 1. The van der Waals surface area contributed by atoms with E-state index in [1.807, 2.05) is 52.0 Å². The van der Waals surface area contributed by atoms with E-state index in [-0.39, 0.29) is 18.1 Å². The molecule has 0 saturated carbocycles. The van der Waals surface area contributed by atoms with E-state index in [9.17, 15) is 4.79 Å². The highest BCUT2D eigenvalue weighted by molar-refractivity contribution is 14.1. The van der Waals surface area contributed by atoms with E-state index in [1.54, 1.807) is 0 Å². The number of benzene rings is 1. The topological polar surface area (TPSA) is 50.0 Å². The highest BCUT2D eigenvalue weighted by Gasteiger charge is 2.32. The molecule has 1 radical (unpaired) electrons. The van der Waals surface area contributed by atoms with Crippen LogP contribution < -0.4 is 5.43 Å². The van der Waals surface area contributed by atoms with Gasteiger partial charge in [-0.15, -0.1) is 10.5 Å². The predicted octanol–water partition coefficient (Wildman–Crippen LogP) is 3.03. The summed E-state index contributed by atoms with van der Waals surface area (Å²) >= 11 is 2.25. The number of amides is 2. The van der Waals surface area contributed by atoms with E-state index < -0.39 is 0 Å². The second-order valence-electron chi connectivity index (χ2n) is 5.19. The molecule has 1 aliphatic rings. The Morgan fingerprint density at radius 1 is 1.00 bits per heavy atom. The number of carbonyl (C=O) groups is 1. The maximum Gasteiger partial charge on any atom is 0.361 e. The first-order valence-corrected chi connectivity index (χ1v) is 7.66. The first-order chi connectivity index (χ1) is 9.40. The molecular weight excluding hydrogens is 367 g/mol. The van der Waals surface area contributed by atoms with Crippen molar-refractivity contribution < 1.29 is 4.79 Å². The van der Waals surface area contributed by atoms with Gasteiger partial charge in [0.2, 0.25) is 0 Å². The molecule has 0 aliphatic carbocycles. The SMILES string of the molecule is CC(C)N1[N]C(c2ccc(I)cc2)=NN(C(C)C)C1=O. The van der Waals surface area contributed by atoms with Crippen LogP contribution in [-0.4, -0.2) is 34.0 Å². The fraction of sp³-hybridized carbons (Fsp3) is 0.429. The molecule has 20 heavy (non-hydrogen) atoms. The van der Waals surface area contributed by atoms with Crippen molar-refractivity contribution in [2.24, 2.45) is 5.10 Å². The summed E-state index contributed by atoms with van der Waals surface area (Å²) in [6.45, 7) is 7.76. The lowest BCUT2D eigenvalue weighted by atomic mass is 10.2. The molecule has 1 aromatic carbocycles. The largest absolute Gasteiger partial charge is 0.361 e. The number of hydrazone groups is 1. The average molecular weight is 385 g/mol. The summed E-state index contributed by atoms with van der Waals surface area (Å²) in [5.41, 5.74) is 5.30. The van der Waals surface area contributed by atoms with Gasteiger partial charge in [0.25, 0.3) is 0 Å². The van der Waals surface area contributed by atoms with Crippen LogP contribution in [-0.2, 0) is 0 Å². The van der Waals surface area contributed by atoms with Crippen molar-refractivity contribution >= 4 is 34.5 Å². The fourth-order valence-corrected chi connectivity index (χ4v) is 2.16. The van der Waals surface area contributed by atoms with Gasteiger partial charge >= 0.3 is 6.03 Å². The van der Waals surface area contributed by atoms with Crippen LogP contribution in [0.3, 0.4) is 0 Å². The summed E-state index contributed by atoms with van der Waals surface area (Å²) in [6.07, 6.45) is 0. The summed E-state index contributed by atoms with van der Waals surface area (Å²) in [5, 5.41) is 7.36. The average Bonchev–Trinajstić information content (AvgIpc) is 2.39. The second-order valence-corrected chi connectivity index (χ2v) is 6.44. The molecule has 6 heteroatoms. The van der Waals surface area contributed by atoms with Crippen molar-refractivity contribution in [1.82, 2.24) is 15.4 Å². The molecule has 0 aromatic heterocycles. The zero-order valence-electron chi connectivity index (χ0n) is 12.0. The molecule has 1 aliphatic heterocycles. The molecule has 0 bridgehead atoms. The third-order valence-corrected chi connectivity index (χ3v) is 3.60. The summed E-state index contributed by atoms with van der Waals surface area (Å²) in [7, 11) is 0. The fourth-order valence-electron chi connectivity index (χ4n) is 1.80. The van der Waals surface area contributed by atoms with Crippen molar-refractivity contribution in [3.8, 4) is 0 Å². The number of hydrogen-bond donors (Lipinski definition) is 0. The van der Waals surface area contributed by atoms with Gasteiger partial charge in [-0.25, -0.2) is 14.8 Å². The smallest absolute Gasteiger partial charge is 0.244 e. The van der Waals surface area contributed by atoms with Gasteiger partial charge in [0.05, 0.1) is 12.1 Å². The van der Waals surface area contributed by atoms with Crippen LogP contribution in [0.1, 0.15) is 33.3 Å². The minimum Gasteiger partial charge on any atom is -0.244 e. The first kappa shape index (κ1) is 15.1. The minimum absolute atomic E-state index is 0.00176. The zero-order valence-corrected chi connectivity index (χ0v) is 14.2. The Bertz CT molecular complexity index is 524. The van der Waals surface area contributed by atoms with Crippen molar-refractivity contribution in [3.63, 3.8) is 0 Å². The lowest BCUT2D eigenvalue weighted by molar-refractivity contribution is 0.104. The molecule has 0 fully saturated rings. The number of rotatable bonds is 3. The Hall–Kier alpha value is -1.31. The molecule has 1 heterocycles. The standard InChI is InChI=1S/C14H18IN4O/c1-9(2)18-14(20)19(10(3)4)17-13(16-18)11-5-7-12(15)8-6-11/h5-10H,1-4H3. The molecule has 0 atom stereocenters. The number of halogens is 1. The van der Waals surface area contributed by atoms with Crippen molar-refractivity contribution in [2.45, 2.75) is 39.8 Å². The molecule has 2 amide bonds. The van der Waals surface area contributed by atoms with Crippen LogP contribution in [0.2, 0.25) is 0 Å². The summed E-state index contributed by atoms with van der Waals surface area (Å²) in [6, 6.07) is 7.77. The molecular formula is C14H18IN4O. The third-order valence-electron chi connectivity index (χ3n) is 2.88. The minimum atomic E-state index is -0.177. The van der Waals surface area contributed by atoms with Gasteiger partial charge in [-0.2, -0.15) is 0 Å². The Kier molecular flexibility index (Phi) is 4.52. The summed E-state index contributed by atoms with van der Waals surface area (Å²) < 4.78 is 1.15. The van der Waals surface area contributed by atoms with Crippen molar-refractivity contribution in [3.05, 3.63) is 33.4 Å². The number of carbonyl (C=O) groups excluding carboxylic acids is 1. The van der Waals surface area contributed by atoms with E-state index in [0.717, 1.165) is 9.13 Å². The lowest BCUT2D eigenvalue weighted by Gasteiger charge is -2.35. The Labute approximate surface area is 133 Å². The molecule has 0 saturated heterocycles. The van der Waals surface area contributed by atoms with Crippen molar-refractivity contribution in [1.29, 1.82) is 0 Å². The van der Waals surface area contributed by atoms with Crippen LogP contribution in [0.15, 0.2) is 29.4 Å². The zero-order chi connectivity index (χ0) is 14.9. The van der Waals surface area contributed by atoms with E-state index in [2.05, 4.69) is 33.1 Å². The van der Waals surface area contributed by atoms with Gasteiger partial charge in [0.1, 0.15) is 0 Å². The van der Waals surface area contributed by atoms with Gasteiger partial charge < -0.3 is 0 Å². The van der Waals surface area contributed by atoms with Crippen LogP contribution in [0.5, 0.6) is 0 Å². The van der Waals surface area contributed by atoms with Gasteiger partial charge in [-0.05, 0) is 62.4 Å². The van der Waals surface area contributed by atoms with E-state index >= 15 is 0 Å². The highest BCUT2D eigenvalue weighted by atomic mass is 127. The van der Waals surface area contributed by atoms with Gasteiger partial charge in [0, 0.05) is 9.13 Å². The Morgan fingerprint density at radius 2 is 1.55 bits per heavy atom. The third kappa shape index (κ3) is 3.05. The van der Waals surface area contributed by atoms with Crippen LogP contribution >= 0.6 is 22.6 Å². The number of nitrogens with zero attached hydrogens (tertiary/aromatic N) is 4.